The first-order valence-electron chi connectivity index (χ1n) is 11.7. The molecule has 0 unspecified atom stereocenters. The van der Waals surface area contributed by atoms with E-state index in [0.29, 0.717) is 37.3 Å². The number of amides is 2. The largest absolute Gasteiger partial charge is 0.493 e. The molecule has 0 spiro atoms. The third-order valence-corrected chi connectivity index (χ3v) is 5.94. The van der Waals surface area contributed by atoms with Gasteiger partial charge in [0.05, 0.1) is 14.2 Å². The maximum Gasteiger partial charge on any atom is 0.243 e. The first-order chi connectivity index (χ1) is 15.8. The Bertz CT molecular complexity index is 911. The van der Waals surface area contributed by atoms with Crippen LogP contribution in [0, 0.1) is 6.92 Å². The van der Waals surface area contributed by atoms with Crippen LogP contribution in [0.15, 0.2) is 42.5 Å². The normalized spacial score (nSPS) is 12.5. The lowest BCUT2D eigenvalue weighted by Crippen LogP contribution is -2.50. The monoisotopic (exact) mass is 454 g/mol. The first-order valence-corrected chi connectivity index (χ1v) is 11.7. The number of carbonyl (C=O) groups excluding carboxylic acids is 2. The van der Waals surface area contributed by atoms with Crippen molar-refractivity contribution < 1.29 is 19.1 Å². The Morgan fingerprint density at radius 1 is 0.939 bits per heavy atom. The first kappa shape index (κ1) is 26.2. The van der Waals surface area contributed by atoms with Crippen LogP contribution in [0.5, 0.6) is 11.5 Å². The van der Waals surface area contributed by atoms with Gasteiger partial charge in [-0.3, -0.25) is 9.59 Å². The zero-order chi connectivity index (χ0) is 24.4. The number of aryl methyl sites for hydroxylation is 2. The van der Waals surface area contributed by atoms with Crippen molar-refractivity contribution in [2.24, 2.45) is 0 Å². The Balaban J connectivity index is 2.22. The Labute approximate surface area is 198 Å². The van der Waals surface area contributed by atoms with Crippen LogP contribution in [0.3, 0.4) is 0 Å². The van der Waals surface area contributed by atoms with Crippen LogP contribution in [0.25, 0.3) is 0 Å². The fourth-order valence-electron chi connectivity index (χ4n) is 3.68. The molecule has 2 aromatic carbocycles. The van der Waals surface area contributed by atoms with Crippen LogP contribution in [0.4, 0.5) is 0 Å². The molecule has 0 aliphatic heterocycles. The summed E-state index contributed by atoms with van der Waals surface area (Å²) in [4.78, 5) is 28.2. The molecule has 0 saturated heterocycles. The van der Waals surface area contributed by atoms with Crippen molar-refractivity contribution in [3.8, 4) is 11.5 Å². The van der Waals surface area contributed by atoms with Gasteiger partial charge in [-0.1, -0.05) is 49.7 Å². The Kier molecular flexibility index (Phi) is 10.2. The van der Waals surface area contributed by atoms with Crippen molar-refractivity contribution in [2.45, 2.75) is 72.0 Å². The molecule has 0 fully saturated rings. The zero-order valence-electron chi connectivity index (χ0n) is 20.8. The van der Waals surface area contributed by atoms with Gasteiger partial charge in [-0.15, -0.1) is 0 Å². The molecule has 1 N–H and O–H groups in total. The number of nitrogens with one attached hydrogen (secondary N) is 1. The summed E-state index contributed by atoms with van der Waals surface area (Å²) in [5, 5.41) is 3.05. The standard InChI is InChI=1S/C27H38N2O4/c1-7-20(4)28-27(31)23(8-2)29(18-22-11-9-19(3)10-12-22)26(30)16-14-21-13-15-24(32-5)25(17-21)33-6/h9-13,15,17,20,23H,7-8,14,16,18H2,1-6H3,(H,28,31)/t20-,23-/m1/s1. The van der Waals surface area contributed by atoms with Gasteiger partial charge in [0.25, 0.3) is 0 Å². The smallest absolute Gasteiger partial charge is 0.243 e. The molecule has 0 radical (unpaired) electrons. The molecule has 0 aliphatic rings. The molecule has 180 valence electrons. The minimum atomic E-state index is -0.516. The number of nitrogens with zero attached hydrogens (tertiary/aromatic N) is 1. The van der Waals surface area contributed by atoms with Crippen LogP contribution in [0.1, 0.15) is 56.7 Å². The molecule has 0 heterocycles. The lowest BCUT2D eigenvalue weighted by Gasteiger charge is -2.31. The highest BCUT2D eigenvalue weighted by molar-refractivity contribution is 5.88. The number of rotatable bonds is 12. The molecule has 33 heavy (non-hydrogen) atoms. The van der Waals surface area contributed by atoms with E-state index in [1.54, 1.807) is 19.1 Å². The SMILES string of the molecule is CC[C@@H](C)NC(=O)[C@@H](CC)N(Cc1ccc(C)cc1)C(=O)CCc1ccc(OC)c(OC)c1. The average molecular weight is 455 g/mol. The van der Waals surface area contributed by atoms with Crippen molar-refractivity contribution in [3.63, 3.8) is 0 Å². The van der Waals surface area contributed by atoms with Crippen LogP contribution >= 0.6 is 0 Å². The summed E-state index contributed by atoms with van der Waals surface area (Å²) in [7, 11) is 3.19. The number of hydrogen-bond donors (Lipinski definition) is 1. The van der Waals surface area contributed by atoms with Gasteiger partial charge in [-0.2, -0.15) is 0 Å². The van der Waals surface area contributed by atoms with Gasteiger partial charge in [-0.05, 0) is 56.4 Å². The van der Waals surface area contributed by atoms with Crippen molar-refractivity contribution in [2.75, 3.05) is 14.2 Å². The number of carbonyl (C=O) groups is 2. The predicted octanol–water partition coefficient (Wildman–Crippen LogP) is 4.67. The van der Waals surface area contributed by atoms with Crippen molar-refractivity contribution in [1.82, 2.24) is 10.2 Å². The molecule has 6 heteroatoms. The molecule has 2 aromatic rings. The average Bonchev–Trinajstić information content (AvgIpc) is 2.83. The van der Waals surface area contributed by atoms with Gasteiger partial charge < -0.3 is 19.7 Å². The van der Waals surface area contributed by atoms with E-state index in [0.717, 1.165) is 23.1 Å². The predicted molar refractivity (Wildman–Crippen MR) is 132 cm³/mol. The van der Waals surface area contributed by atoms with Gasteiger partial charge >= 0.3 is 0 Å². The van der Waals surface area contributed by atoms with Crippen LogP contribution in [-0.4, -0.2) is 43.0 Å². The summed E-state index contributed by atoms with van der Waals surface area (Å²) in [6.07, 6.45) is 2.24. The summed E-state index contributed by atoms with van der Waals surface area (Å²) >= 11 is 0. The minimum absolute atomic E-state index is 0.0449. The lowest BCUT2D eigenvalue weighted by atomic mass is 10.0. The molecular formula is C27H38N2O4. The Morgan fingerprint density at radius 3 is 2.15 bits per heavy atom. The van der Waals surface area contributed by atoms with E-state index >= 15 is 0 Å². The maximum atomic E-state index is 13.4. The van der Waals surface area contributed by atoms with Gasteiger partial charge in [-0.25, -0.2) is 0 Å². The topological polar surface area (TPSA) is 67.9 Å². The summed E-state index contributed by atoms with van der Waals surface area (Å²) in [5.41, 5.74) is 3.15. The van der Waals surface area contributed by atoms with E-state index in [1.807, 2.05) is 70.2 Å². The fourth-order valence-corrected chi connectivity index (χ4v) is 3.68. The molecule has 6 nitrogen and oxygen atoms in total. The lowest BCUT2D eigenvalue weighted by molar-refractivity contribution is -0.141. The highest BCUT2D eigenvalue weighted by Gasteiger charge is 2.29. The van der Waals surface area contributed by atoms with E-state index in [2.05, 4.69) is 5.32 Å². The summed E-state index contributed by atoms with van der Waals surface area (Å²) in [6.45, 7) is 8.39. The fraction of sp³-hybridized carbons (Fsp3) is 0.481. The van der Waals surface area contributed by atoms with Crippen molar-refractivity contribution >= 4 is 11.8 Å². The highest BCUT2D eigenvalue weighted by atomic mass is 16.5. The molecule has 2 amide bonds. The van der Waals surface area contributed by atoms with Gasteiger partial charge in [0, 0.05) is 19.0 Å². The third kappa shape index (κ3) is 7.52. The van der Waals surface area contributed by atoms with E-state index in [4.69, 9.17) is 9.47 Å². The van der Waals surface area contributed by atoms with Crippen LogP contribution in [0.2, 0.25) is 0 Å². The van der Waals surface area contributed by atoms with E-state index in [9.17, 15) is 9.59 Å². The van der Waals surface area contributed by atoms with E-state index in [1.165, 1.54) is 0 Å². The highest BCUT2D eigenvalue weighted by Crippen LogP contribution is 2.28. The van der Waals surface area contributed by atoms with Gasteiger partial charge in [0.2, 0.25) is 11.8 Å². The van der Waals surface area contributed by atoms with Gasteiger partial charge in [0.15, 0.2) is 11.5 Å². The summed E-state index contributed by atoms with van der Waals surface area (Å²) in [6, 6.07) is 13.3. The summed E-state index contributed by atoms with van der Waals surface area (Å²) < 4.78 is 10.7. The number of ether oxygens (including phenoxy) is 2. The molecule has 2 rings (SSSR count). The second-order valence-corrected chi connectivity index (χ2v) is 8.44. The van der Waals surface area contributed by atoms with Crippen LogP contribution < -0.4 is 14.8 Å². The van der Waals surface area contributed by atoms with Crippen LogP contribution in [-0.2, 0) is 22.6 Å². The van der Waals surface area contributed by atoms with Gasteiger partial charge in [0.1, 0.15) is 6.04 Å². The van der Waals surface area contributed by atoms with Crippen molar-refractivity contribution in [1.29, 1.82) is 0 Å². The van der Waals surface area contributed by atoms with Crippen molar-refractivity contribution in [3.05, 3.63) is 59.2 Å². The Hall–Kier alpha value is -3.02. The molecule has 0 saturated carbocycles. The number of methoxy groups -OCH3 is 2. The molecule has 0 aromatic heterocycles. The van der Waals surface area contributed by atoms with E-state index < -0.39 is 6.04 Å². The molecule has 2 atom stereocenters. The second-order valence-electron chi connectivity index (χ2n) is 8.44. The zero-order valence-corrected chi connectivity index (χ0v) is 20.8. The number of hydrogen-bond acceptors (Lipinski definition) is 4. The maximum absolute atomic E-state index is 13.4. The third-order valence-electron chi connectivity index (χ3n) is 5.94. The molecule has 0 aliphatic carbocycles. The molecular weight excluding hydrogens is 416 g/mol. The van der Waals surface area contributed by atoms with E-state index in [-0.39, 0.29) is 17.9 Å². The summed E-state index contributed by atoms with van der Waals surface area (Å²) in [5.74, 6) is 1.15. The quantitative estimate of drug-likeness (QED) is 0.506. The Morgan fingerprint density at radius 2 is 1.58 bits per heavy atom. The molecule has 0 bridgehead atoms. The number of benzene rings is 2. The minimum Gasteiger partial charge on any atom is -0.493 e. The second kappa shape index (κ2) is 12.9.